The van der Waals surface area contributed by atoms with E-state index in [1.54, 1.807) is 0 Å². The Labute approximate surface area is 135 Å². The molecule has 1 unspecified atom stereocenters. The molecule has 23 heavy (non-hydrogen) atoms. The van der Waals surface area contributed by atoms with E-state index < -0.39 is 0 Å². The largest absolute Gasteiger partial charge is 0.377 e. The third-order valence-corrected chi connectivity index (χ3v) is 4.37. The maximum absolute atomic E-state index is 12.4. The average Bonchev–Trinajstić information content (AvgIpc) is 2.53. The van der Waals surface area contributed by atoms with Crippen molar-refractivity contribution in [3.63, 3.8) is 0 Å². The van der Waals surface area contributed by atoms with E-state index in [0.29, 0.717) is 38.2 Å². The number of carbonyl (C=O) groups is 1. The molecule has 1 N–H and O–H groups in total. The summed E-state index contributed by atoms with van der Waals surface area (Å²) in [6, 6.07) is 7.97. The highest BCUT2D eigenvalue weighted by Crippen LogP contribution is 2.15. The van der Waals surface area contributed by atoms with Gasteiger partial charge >= 0.3 is 0 Å². The van der Waals surface area contributed by atoms with E-state index in [4.69, 9.17) is 4.74 Å². The number of ether oxygens (including phenoxy) is 1. The SMILES string of the molecule is Cc1ccc2cc(CCC(=O)N3CCOCC3C)c(=O)[nH]c2c1. The molecule has 1 fully saturated rings. The van der Waals surface area contributed by atoms with Crippen molar-refractivity contribution < 1.29 is 9.53 Å². The summed E-state index contributed by atoms with van der Waals surface area (Å²) in [4.78, 5) is 29.3. The van der Waals surface area contributed by atoms with Crippen molar-refractivity contribution in [3.05, 3.63) is 45.7 Å². The predicted molar refractivity (Wildman–Crippen MR) is 89.6 cm³/mol. The molecule has 0 spiro atoms. The molecule has 0 radical (unpaired) electrons. The van der Waals surface area contributed by atoms with Crippen LogP contribution in [0.15, 0.2) is 29.1 Å². The number of aromatic nitrogens is 1. The van der Waals surface area contributed by atoms with Crippen molar-refractivity contribution in [2.24, 2.45) is 0 Å². The van der Waals surface area contributed by atoms with Crippen molar-refractivity contribution >= 4 is 16.8 Å². The van der Waals surface area contributed by atoms with Gasteiger partial charge in [-0.3, -0.25) is 9.59 Å². The summed E-state index contributed by atoms with van der Waals surface area (Å²) in [5.74, 6) is 0.0872. The Morgan fingerprint density at radius 2 is 2.22 bits per heavy atom. The number of aryl methyl sites for hydroxylation is 2. The molecule has 1 atom stereocenters. The van der Waals surface area contributed by atoms with Crippen LogP contribution in [0.25, 0.3) is 10.9 Å². The Bertz CT molecular complexity index is 781. The Morgan fingerprint density at radius 3 is 3.00 bits per heavy atom. The van der Waals surface area contributed by atoms with Gasteiger partial charge in [0.05, 0.1) is 19.3 Å². The summed E-state index contributed by atoms with van der Waals surface area (Å²) in [5, 5.41) is 0.998. The lowest BCUT2D eigenvalue weighted by Crippen LogP contribution is -2.47. The van der Waals surface area contributed by atoms with Gasteiger partial charge in [0.25, 0.3) is 5.56 Å². The normalized spacial score (nSPS) is 18.3. The summed E-state index contributed by atoms with van der Waals surface area (Å²) >= 11 is 0. The minimum Gasteiger partial charge on any atom is -0.377 e. The standard InChI is InChI=1S/C18H22N2O3/c1-12-3-4-14-10-15(18(22)19-16(14)9-12)5-6-17(21)20-7-8-23-11-13(20)2/h3-4,9-10,13H,5-8,11H2,1-2H3,(H,19,22). The Hall–Kier alpha value is -2.14. The van der Waals surface area contributed by atoms with E-state index in [2.05, 4.69) is 4.98 Å². The highest BCUT2D eigenvalue weighted by Gasteiger charge is 2.23. The molecule has 1 saturated heterocycles. The van der Waals surface area contributed by atoms with Gasteiger partial charge < -0.3 is 14.6 Å². The first kappa shape index (κ1) is 15.7. The van der Waals surface area contributed by atoms with Crippen LogP contribution in [0.4, 0.5) is 0 Å². The van der Waals surface area contributed by atoms with Crippen LogP contribution < -0.4 is 5.56 Å². The van der Waals surface area contributed by atoms with Crippen LogP contribution in [-0.4, -0.2) is 41.6 Å². The molecule has 0 saturated carbocycles. The van der Waals surface area contributed by atoms with E-state index in [0.717, 1.165) is 16.5 Å². The molecule has 1 aliphatic heterocycles. The second-order valence-electron chi connectivity index (χ2n) is 6.23. The third-order valence-electron chi connectivity index (χ3n) is 4.37. The summed E-state index contributed by atoms with van der Waals surface area (Å²) in [6.07, 6.45) is 0.812. The van der Waals surface area contributed by atoms with Crippen LogP contribution in [0.1, 0.15) is 24.5 Å². The summed E-state index contributed by atoms with van der Waals surface area (Å²) in [5.41, 5.74) is 2.51. The summed E-state index contributed by atoms with van der Waals surface area (Å²) in [7, 11) is 0. The van der Waals surface area contributed by atoms with Gasteiger partial charge in [-0.25, -0.2) is 0 Å². The minimum atomic E-state index is -0.106. The van der Waals surface area contributed by atoms with Gasteiger partial charge in [0.2, 0.25) is 5.91 Å². The van der Waals surface area contributed by atoms with Crippen molar-refractivity contribution in [1.82, 2.24) is 9.88 Å². The zero-order valence-corrected chi connectivity index (χ0v) is 13.6. The number of H-pyrrole nitrogens is 1. The molecule has 1 aromatic heterocycles. The van der Waals surface area contributed by atoms with Gasteiger partial charge in [-0.1, -0.05) is 12.1 Å². The van der Waals surface area contributed by atoms with Gasteiger partial charge in [-0.2, -0.15) is 0 Å². The molecule has 5 heteroatoms. The number of morpholine rings is 1. The lowest BCUT2D eigenvalue weighted by molar-refractivity contribution is -0.139. The number of aromatic amines is 1. The third kappa shape index (κ3) is 3.45. The number of amides is 1. The van der Waals surface area contributed by atoms with E-state index in [1.807, 2.05) is 43.0 Å². The number of rotatable bonds is 3. The molecular weight excluding hydrogens is 292 g/mol. The molecule has 5 nitrogen and oxygen atoms in total. The number of pyridine rings is 1. The molecule has 1 aromatic carbocycles. The topological polar surface area (TPSA) is 62.4 Å². The van der Waals surface area contributed by atoms with Crippen LogP contribution >= 0.6 is 0 Å². The van der Waals surface area contributed by atoms with E-state index in [9.17, 15) is 9.59 Å². The van der Waals surface area contributed by atoms with Crippen LogP contribution in [-0.2, 0) is 16.0 Å². The molecule has 122 valence electrons. The maximum Gasteiger partial charge on any atom is 0.251 e. The van der Waals surface area contributed by atoms with Crippen molar-refractivity contribution in [1.29, 1.82) is 0 Å². The first-order valence-electron chi connectivity index (χ1n) is 8.04. The Kier molecular flexibility index (Phi) is 4.48. The first-order chi connectivity index (χ1) is 11.0. The lowest BCUT2D eigenvalue weighted by Gasteiger charge is -2.33. The lowest BCUT2D eigenvalue weighted by atomic mass is 10.1. The van der Waals surface area contributed by atoms with E-state index in [-0.39, 0.29) is 17.5 Å². The van der Waals surface area contributed by atoms with Crippen molar-refractivity contribution in [2.75, 3.05) is 19.8 Å². The second kappa shape index (κ2) is 6.54. The first-order valence-corrected chi connectivity index (χ1v) is 8.04. The number of hydrogen-bond acceptors (Lipinski definition) is 3. The molecule has 0 aliphatic carbocycles. The zero-order valence-electron chi connectivity index (χ0n) is 13.6. The highest BCUT2D eigenvalue weighted by molar-refractivity contribution is 5.80. The van der Waals surface area contributed by atoms with Gasteiger partial charge in [-0.15, -0.1) is 0 Å². The minimum absolute atomic E-state index is 0.0872. The molecule has 1 aliphatic rings. The van der Waals surface area contributed by atoms with Gasteiger partial charge in [0.1, 0.15) is 0 Å². The predicted octanol–water partition coefficient (Wildman–Crippen LogP) is 2.02. The fourth-order valence-electron chi connectivity index (χ4n) is 3.03. The smallest absolute Gasteiger partial charge is 0.251 e. The number of nitrogens with one attached hydrogen (secondary N) is 1. The molecule has 3 rings (SSSR count). The number of nitrogens with zero attached hydrogens (tertiary/aromatic N) is 1. The van der Waals surface area contributed by atoms with Gasteiger partial charge in [0.15, 0.2) is 0 Å². The summed E-state index contributed by atoms with van der Waals surface area (Å²) < 4.78 is 5.35. The van der Waals surface area contributed by atoms with Gasteiger partial charge in [0, 0.05) is 24.0 Å². The zero-order chi connectivity index (χ0) is 16.4. The Balaban J connectivity index is 1.74. The van der Waals surface area contributed by atoms with Crippen molar-refractivity contribution in [3.8, 4) is 0 Å². The number of benzene rings is 1. The molecular formula is C18H22N2O3. The number of hydrogen-bond donors (Lipinski definition) is 1. The van der Waals surface area contributed by atoms with Crippen LogP contribution in [0, 0.1) is 6.92 Å². The second-order valence-corrected chi connectivity index (χ2v) is 6.23. The summed E-state index contributed by atoms with van der Waals surface area (Å²) in [6.45, 7) is 5.79. The highest BCUT2D eigenvalue weighted by atomic mass is 16.5. The molecule has 2 aromatic rings. The quantitative estimate of drug-likeness (QED) is 0.943. The van der Waals surface area contributed by atoms with Crippen LogP contribution in [0.3, 0.4) is 0 Å². The monoisotopic (exact) mass is 314 g/mol. The van der Waals surface area contributed by atoms with Crippen LogP contribution in [0.2, 0.25) is 0 Å². The van der Waals surface area contributed by atoms with Gasteiger partial charge in [-0.05, 0) is 43.4 Å². The number of carbonyl (C=O) groups excluding carboxylic acids is 1. The fraction of sp³-hybridized carbons (Fsp3) is 0.444. The number of fused-ring (bicyclic) bond motifs is 1. The van der Waals surface area contributed by atoms with E-state index in [1.165, 1.54) is 0 Å². The Morgan fingerprint density at radius 1 is 1.39 bits per heavy atom. The van der Waals surface area contributed by atoms with Crippen LogP contribution in [0.5, 0.6) is 0 Å². The fourth-order valence-corrected chi connectivity index (χ4v) is 3.03. The molecule has 2 heterocycles. The average molecular weight is 314 g/mol. The van der Waals surface area contributed by atoms with E-state index >= 15 is 0 Å². The molecule has 1 amide bonds. The maximum atomic E-state index is 12.4. The van der Waals surface area contributed by atoms with Crippen molar-refractivity contribution in [2.45, 2.75) is 32.7 Å². The molecule has 0 bridgehead atoms.